The molecule has 1 aliphatic rings. The third kappa shape index (κ3) is 3.89. The summed E-state index contributed by atoms with van der Waals surface area (Å²) in [6.45, 7) is 0.764. The summed E-state index contributed by atoms with van der Waals surface area (Å²) in [4.78, 5) is 23.0. The second-order valence-electron chi connectivity index (χ2n) is 5.03. The van der Waals surface area contributed by atoms with Gasteiger partial charge >= 0.3 is 5.97 Å². The lowest BCUT2D eigenvalue weighted by Crippen LogP contribution is -2.35. The Kier molecular flexibility index (Phi) is 5.25. The number of ketones is 1. The van der Waals surface area contributed by atoms with Crippen molar-refractivity contribution in [3.8, 4) is 0 Å². The number of carbonyl (C=O) groups excluding carboxylic acids is 1. The molecule has 2 rings (SSSR count). The number of carboxylic acid groups (broad SMARTS) is 1. The number of benzene rings is 1. The van der Waals surface area contributed by atoms with Crippen molar-refractivity contribution in [3.63, 3.8) is 0 Å². The van der Waals surface area contributed by atoms with Crippen molar-refractivity contribution in [2.45, 2.75) is 24.9 Å². The number of methoxy groups -OCH3 is 1. The van der Waals surface area contributed by atoms with Crippen LogP contribution in [0.2, 0.25) is 0 Å². The van der Waals surface area contributed by atoms with Gasteiger partial charge in [0.25, 0.3) is 5.97 Å². The molecule has 0 bridgehead atoms. The molecule has 1 fully saturated rings. The maximum absolute atomic E-state index is 12.2. The van der Waals surface area contributed by atoms with Crippen LogP contribution < -0.4 is 5.73 Å². The summed E-state index contributed by atoms with van der Waals surface area (Å²) in [5, 5.41) is 8.78. The minimum Gasteiger partial charge on any atom is -0.480 e. The van der Waals surface area contributed by atoms with Gasteiger partial charge in [-0.25, -0.2) is 0 Å². The standard InChI is InChI=1S/C15H19NO6/c1-20-15(21-6-7-22-15)9-13(17)11-4-2-10(3-5-11)8-12(16)14(18)19/h2-5,12H,6-9,16H2,1H3,(H,18,19). The molecule has 0 radical (unpaired) electrons. The van der Waals surface area contributed by atoms with Crippen molar-refractivity contribution >= 4 is 11.8 Å². The topological polar surface area (TPSA) is 108 Å². The van der Waals surface area contributed by atoms with Gasteiger partial charge in [-0.2, -0.15) is 0 Å². The van der Waals surface area contributed by atoms with Crippen LogP contribution in [0.25, 0.3) is 0 Å². The van der Waals surface area contributed by atoms with Gasteiger partial charge < -0.3 is 25.1 Å². The zero-order valence-electron chi connectivity index (χ0n) is 12.3. The van der Waals surface area contributed by atoms with Gasteiger partial charge in [0.1, 0.15) is 6.04 Å². The number of hydrogen-bond donors (Lipinski definition) is 2. The number of rotatable bonds is 7. The molecule has 0 amide bonds. The Morgan fingerprint density at radius 2 is 1.91 bits per heavy atom. The summed E-state index contributed by atoms with van der Waals surface area (Å²) in [5.41, 5.74) is 6.70. The quantitative estimate of drug-likeness (QED) is 0.708. The summed E-state index contributed by atoms with van der Waals surface area (Å²) in [5.74, 6) is -2.54. The zero-order valence-corrected chi connectivity index (χ0v) is 12.3. The second kappa shape index (κ2) is 6.97. The zero-order chi connectivity index (χ0) is 16.2. The van der Waals surface area contributed by atoms with E-state index in [1.165, 1.54) is 7.11 Å². The first-order valence-corrected chi connectivity index (χ1v) is 6.89. The largest absolute Gasteiger partial charge is 0.480 e. The number of Topliss-reactive ketones (excluding diaryl/α,β-unsaturated/α-hetero) is 1. The van der Waals surface area contributed by atoms with Crippen molar-refractivity contribution in [2.24, 2.45) is 5.73 Å². The van der Waals surface area contributed by atoms with Gasteiger partial charge in [-0.05, 0) is 12.0 Å². The minimum atomic E-state index is -1.30. The Morgan fingerprint density at radius 1 is 1.32 bits per heavy atom. The SMILES string of the molecule is COC1(CC(=O)c2ccc(CC(N)C(=O)O)cc2)OCCO1. The van der Waals surface area contributed by atoms with Crippen LogP contribution in [0.1, 0.15) is 22.3 Å². The van der Waals surface area contributed by atoms with Crippen LogP contribution in [-0.2, 0) is 25.4 Å². The second-order valence-corrected chi connectivity index (χ2v) is 5.03. The van der Waals surface area contributed by atoms with Gasteiger partial charge in [0.05, 0.1) is 19.6 Å². The summed E-state index contributed by atoms with van der Waals surface area (Å²) >= 11 is 0. The maximum Gasteiger partial charge on any atom is 0.320 e. The van der Waals surface area contributed by atoms with Crippen LogP contribution in [0.4, 0.5) is 0 Å². The van der Waals surface area contributed by atoms with E-state index in [0.29, 0.717) is 18.8 Å². The first-order chi connectivity index (χ1) is 10.5. The van der Waals surface area contributed by atoms with E-state index in [1.807, 2.05) is 0 Å². The number of hydrogen-bond acceptors (Lipinski definition) is 6. The number of nitrogens with two attached hydrogens (primary N) is 1. The minimum absolute atomic E-state index is 0.0442. The van der Waals surface area contributed by atoms with E-state index in [-0.39, 0.29) is 18.6 Å². The normalized spacial score (nSPS) is 18.1. The van der Waals surface area contributed by atoms with Crippen LogP contribution in [-0.4, -0.2) is 49.2 Å². The monoisotopic (exact) mass is 309 g/mol. The highest BCUT2D eigenvalue weighted by molar-refractivity contribution is 5.96. The van der Waals surface area contributed by atoms with Crippen molar-refractivity contribution < 1.29 is 28.9 Å². The number of ether oxygens (including phenoxy) is 3. The van der Waals surface area contributed by atoms with E-state index in [1.54, 1.807) is 24.3 Å². The molecule has 1 aromatic carbocycles. The van der Waals surface area contributed by atoms with Gasteiger partial charge in [0.2, 0.25) is 0 Å². The van der Waals surface area contributed by atoms with E-state index in [2.05, 4.69) is 0 Å². The molecule has 1 aliphatic heterocycles. The average molecular weight is 309 g/mol. The molecule has 3 N–H and O–H groups in total. The van der Waals surface area contributed by atoms with Gasteiger partial charge in [-0.3, -0.25) is 9.59 Å². The Morgan fingerprint density at radius 3 is 2.41 bits per heavy atom. The number of carboxylic acids is 1. The van der Waals surface area contributed by atoms with Gasteiger partial charge in [-0.1, -0.05) is 24.3 Å². The third-order valence-electron chi connectivity index (χ3n) is 3.46. The lowest BCUT2D eigenvalue weighted by atomic mass is 10.0. The van der Waals surface area contributed by atoms with Crippen molar-refractivity contribution in [1.82, 2.24) is 0 Å². The Hall–Kier alpha value is -1.80. The molecule has 22 heavy (non-hydrogen) atoms. The molecule has 1 atom stereocenters. The lowest BCUT2D eigenvalue weighted by molar-refractivity contribution is -0.315. The van der Waals surface area contributed by atoms with Crippen LogP contribution in [0.15, 0.2) is 24.3 Å². The molecule has 1 aromatic rings. The first kappa shape index (κ1) is 16.6. The van der Waals surface area contributed by atoms with E-state index in [4.69, 9.17) is 25.1 Å². The first-order valence-electron chi connectivity index (χ1n) is 6.89. The fraction of sp³-hybridized carbons (Fsp3) is 0.467. The highest BCUT2D eigenvalue weighted by Gasteiger charge is 2.39. The molecule has 0 aromatic heterocycles. The van der Waals surface area contributed by atoms with Gasteiger partial charge in [0, 0.05) is 12.7 Å². The predicted molar refractivity (Wildman–Crippen MR) is 76.3 cm³/mol. The highest BCUT2D eigenvalue weighted by atomic mass is 16.9. The van der Waals surface area contributed by atoms with Crippen LogP contribution >= 0.6 is 0 Å². The van der Waals surface area contributed by atoms with Gasteiger partial charge in [0.15, 0.2) is 5.78 Å². The summed E-state index contributed by atoms with van der Waals surface area (Å²) in [7, 11) is 1.43. The Balaban J connectivity index is 2.00. The molecule has 0 aliphatic carbocycles. The van der Waals surface area contributed by atoms with E-state index in [9.17, 15) is 9.59 Å². The fourth-order valence-electron chi connectivity index (χ4n) is 2.19. The molecule has 120 valence electrons. The average Bonchev–Trinajstić information content (AvgIpc) is 2.97. The van der Waals surface area contributed by atoms with Crippen molar-refractivity contribution in [1.29, 1.82) is 0 Å². The van der Waals surface area contributed by atoms with Crippen LogP contribution in [0.5, 0.6) is 0 Å². The van der Waals surface area contributed by atoms with E-state index >= 15 is 0 Å². The summed E-state index contributed by atoms with van der Waals surface area (Å²) in [6, 6.07) is 5.67. The molecular weight excluding hydrogens is 290 g/mol. The highest BCUT2D eigenvalue weighted by Crippen LogP contribution is 2.26. The summed E-state index contributed by atoms with van der Waals surface area (Å²) in [6.07, 6.45) is 0.162. The van der Waals surface area contributed by atoms with E-state index < -0.39 is 18.0 Å². The molecule has 0 spiro atoms. The molecule has 1 heterocycles. The molecule has 7 nitrogen and oxygen atoms in total. The molecule has 7 heteroatoms. The summed E-state index contributed by atoms with van der Waals surface area (Å²) < 4.78 is 15.8. The fourth-order valence-corrected chi connectivity index (χ4v) is 2.19. The van der Waals surface area contributed by atoms with Crippen LogP contribution in [0, 0.1) is 0 Å². The van der Waals surface area contributed by atoms with Crippen LogP contribution in [0.3, 0.4) is 0 Å². The third-order valence-corrected chi connectivity index (χ3v) is 3.46. The van der Waals surface area contributed by atoms with Crippen molar-refractivity contribution in [2.75, 3.05) is 20.3 Å². The smallest absolute Gasteiger partial charge is 0.320 e. The number of aliphatic carboxylic acids is 1. The van der Waals surface area contributed by atoms with E-state index in [0.717, 1.165) is 5.56 Å². The predicted octanol–water partition coefficient (Wildman–Crippen LogP) is 0.561. The van der Waals surface area contributed by atoms with Crippen molar-refractivity contribution in [3.05, 3.63) is 35.4 Å². The Labute approximate surface area is 128 Å². The molecule has 1 saturated heterocycles. The lowest BCUT2D eigenvalue weighted by Gasteiger charge is -2.24. The molecule has 1 unspecified atom stereocenters. The van der Waals surface area contributed by atoms with Gasteiger partial charge in [-0.15, -0.1) is 0 Å². The maximum atomic E-state index is 12.2. The number of carbonyl (C=O) groups is 2. The molecular formula is C15H19NO6. The Bertz CT molecular complexity index is 535. The molecule has 0 saturated carbocycles.